The molecule has 1 aliphatic carbocycles. The summed E-state index contributed by atoms with van der Waals surface area (Å²) in [6.07, 6.45) is 1.95. The number of aromatic amines is 1. The lowest BCUT2D eigenvalue weighted by Gasteiger charge is -2.20. The van der Waals surface area contributed by atoms with E-state index in [1.807, 2.05) is 0 Å². The molecular weight excluding hydrogens is 273 g/mol. The minimum Gasteiger partial charge on any atom is -0.395 e. The van der Waals surface area contributed by atoms with E-state index in [0.29, 0.717) is 17.9 Å². The van der Waals surface area contributed by atoms with Crippen LogP contribution in [0.1, 0.15) is 23.3 Å². The van der Waals surface area contributed by atoms with Gasteiger partial charge in [-0.05, 0) is 43.2 Å². The number of halogens is 1. The molecule has 0 unspecified atom stereocenters. The fourth-order valence-electron chi connectivity index (χ4n) is 2.30. The molecule has 1 saturated carbocycles. The normalized spacial score (nSPS) is 14.2. The quantitative estimate of drug-likeness (QED) is 0.882. The van der Waals surface area contributed by atoms with Gasteiger partial charge in [0.1, 0.15) is 11.5 Å². The van der Waals surface area contributed by atoms with E-state index in [2.05, 4.69) is 10.2 Å². The first-order chi connectivity index (χ1) is 10.2. The molecule has 0 saturated heterocycles. The molecule has 0 bridgehead atoms. The maximum atomic E-state index is 12.9. The van der Waals surface area contributed by atoms with Gasteiger partial charge < -0.3 is 10.0 Å². The van der Waals surface area contributed by atoms with Crippen LogP contribution in [-0.4, -0.2) is 45.3 Å². The Morgan fingerprint density at radius 2 is 2.10 bits per heavy atom. The largest absolute Gasteiger partial charge is 0.395 e. The van der Waals surface area contributed by atoms with Gasteiger partial charge in [0.05, 0.1) is 12.3 Å². The van der Waals surface area contributed by atoms with Crippen molar-refractivity contribution in [1.82, 2.24) is 15.1 Å². The van der Waals surface area contributed by atoms with Crippen LogP contribution >= 0.6 is 0 Å². The number of nitrogens with one attached hydrogen (secondary N) is 1. The van der Waals surface area contributed by atoms with Crippen molar-refractivity contribution in [2.45, 2.75) is 18.9 Å². The maximum Gasteiger partial charge on any atom is 0.272 e. The molecule has 1 aromatic carbocycles. The molecule has 1 aliphatic rings. The zero-order valence-corrected chi connectivity index (χ0v) is 11.4. The van der Waals surface area contributed by atoms with Crippen LogP contribution in [0.2, 0.25) is 0 Å². The fourth-order valence-corrected chi connectivity index (χ4v) is 2.30. The number of aliphatic hydroxyl groups is 1. The molecule has 1 heterocycles. The Kier molecular flexibility index (Phi) is 3.70. The van der Waals surface area contributed by atoms with Crippen molar-refractivity contribution in [2.75, 3.05) is 13.2 Å². The number of hydrogen-bond acceptors (Lipinski definition) is 3. The van der Waals surface area contributed by atoms with E-state index in [4.69, 9.17) is 5.11 Å². The van der Waals surface area contributed by atoms with Gasteiger partial charge in [0.25, 0.3) is 5.91 Å². The van der Waals surface area contributed by atoms with Crippen molar-refractivity contribution in [2.24, 2.45) is 0 Å². The Morgan fingerprint density at radius 3 is 2.71 bits per heavy atom. The van der Waals surface area contributed by atoms with Gasteiger partial charge in [0.15, 0.2) is 0 Å². The Balaban J connectivity index is 1.80. The topological polar surface area (TPSA) is 69.2 Å². The molecule has 110 valence electrons. The van der Waals surface area contributed by atoms with Crippen LogP contribution in [0.5, 0.6) is 0 Å². The summed E-state index contributed by atoms with van der Waals surface area (Å²) >= 11 is 0. The van der Waals surface area contributed by atoms with E-state index in [1.165, 1.54) is 12.1 Å². The van der Waals surface area contributed by atoms with E-state index in [9.17, 15) is 9.18 Å². The van der Waals surface area contributed by atoms with Crippen LogP contribution in [0.25, 0.3) is 11.3 Å². The summed E-state index contributed by atoms with van der Waals surface area (Å²) in [4.78, 5) is 14.1. The molecular formula is C15H16FN3O2. The third-order valence-electron chi connectivity index (χ3n) is 3.54. The number of rotatable bonds is 5. The highest BCUT2D eigenvalue weighted by Crippen LogP contribution is 2.28. The summed E-state index contributed by atoms with van der Waals surface area (Å²) in [5.41, 5.74) is 1.72. The summed E-state index contributed by atoms with van der Waals surface area (Å²) < 4.78 is 12.9. The lowest BCUT2D eigenvalue weighted by Crippen LogP contribution is -2.35. The molecule has 0 radical (unpaired) electrons. The summed E-state index contributed by atoms with van der Waals surface area (Å²) in [6, 6.07) is 7.82. The van der Waals surface area contributed by atoms with Gasteiger partial charge in [-0.2, -0.15) is 5.10 Å². The van der Waals surface area contributed by atoms with Crippen molar-refractivity contribution in [3.05, 3.63) is 41.8 Å². The monoisotopic (exact) mass is 289 g/mol. The lowest BCUT2D eigenvalue weighted by molar-refractivity contribution is 0.0701. The predicted octanol–water partition coefficient (Wildman–Crippen LogP) is 1.81. The molecule has 5 nitrogen and oxygen atoms in total. The molecule has 0 spiro atoms. The van der Waals surface area contributed by atoms with Gasteiger partial charge in [-0.1, -0.05) is 0 Å². The number of aromatic nitrogens is 2. The SMILES string of the molecule is O=C(c1cc(-c2ccc(F)cc2)n[nH]1)N(CCO)C1CC1. The summed E-state index contributed by atoms with van der Waals surface area (Å²) in [7, 11) is 0. The van der Waals surface area contributed by atoms with E-state index in [1.54, 1.807) is 23.1 Å². The minimum atomic E-state index is -0.312. The highest BCUT2D eigenvalue weighted by molar-refractivity contribution is 5.93. The van der Waals surface area contributed by atoms with Gasteiger partial charge >= 0.3 is 0 Å². The summed E-state index contributed by atoms with van der Waals surface area (Å²) in [6.45, 7) is 0.273. The third kappa shape index (κ3) is 2.95. The highest BCUT2D eigenvalue weighted by Gasteiger charge is 2.33. The van der Waals surface area contributed by atoms with Gasteiger partial charge in [0.2, 0.25) is 0 Å². The zero-order chi connectivity index (χ0) is 14.8. The average Bonchev–Trinajstić information content (AvgIpc) is 3.21. The van der Waals surface area contributed by atoms with Gasteiger partial charge in [-0.25, -0.2) is 4.39 Å². The Bertz CT molecular complexity index is 635. The van der Waals surface area contributed by atoms with Gasteiger partial charge in [0, 0.05) is 18.2 Å². The first-order valence-corrected chi connectivity index (χ1v) is 6.92. The number of hydrogen-bond donors (Lipinski definition) is 2. The van der Waals surface area contributed by atoms with Crippen LogP contribution < -0.4 is 0 Å². The number of H-pyrrole nitrogens is 1. The molecule has 0 atom stereocenters. The van der Waals surface area contributed by atoms with Crippen LogP contribution in [-0.2, 0) is 0 Å². The molecule has 2 N–H and O–H groups in total. The molecule has 1 fully saturated rings. The molecule has 0 aliphatic heterocycles. The second-order valence-electron chi connectivity index (χ2n) is 5.13. The van der Waals surface area contributed by atoms with Crippen molar-refractivity contribution in [3.8, 4) is 11.3 Å². The smallest absolute Gasteiger partial charge is 0.272 e. The first kappa shape index (κ1) is 13.8. The van der Waals surface area contributed by atoms with Crippen LogP contribution in [0, 0.1) is 5.82 Å². The van der Waals surface area contributed by atoms with Crippen molar-refractivity contribution in [1.29, 1.82) is 0 Å². The third-order valence-corrected chi connectivity index (χ3v) is 3.54. The number of carbonyl (C=O) groups is 1. The highest BCUT2D eigenvalue weighted by atomic mass is 19.1. The van der Waals surface area contributed by atoms with E-state index < -0.39 is 0 Å². The number of carbonyl (C=O) groups excluding carboxylic acids is 1. The molecule has 1 aromatic heterocycles. The fraction of sp³-hybridized carbons (Fsp3) is 0.333. The number of benzene rings is 1. The second kappa shape index (κ2) is 5.65. The van der Waals surface area contributed by atoms with Crippen LogP contribution in [0.3, 0.4) is 0 Å². The summed E-state index contributed by atoms with van der Waals surface area (Å²) in [5, 5.41) is 15.9. The standard InChI is InChI=1S/C15H16FN3O2/c16-11-3-1-10(2-4-11)13-9-14(18-17-13)15(21)19(7-8-20)12-5-6-12/h1-4,9,12,20H,5-8H2,(H,17,18). The van der Waals surface area contributed by atoms with Crippen molar-refractivity contribution < 1.29 is 14.3 Å². The van der Waals surface area contributed by atoms with Crippen molar-refractivity contribution >= 4 is 5.91 Å². The van der Waals surface area contributed by atoms with E-state index >= 15 is 0 Å². The Labute approximate surface area is 121 Å². The maximum absolute atomic E-state index is 12.9. The number of nitrogens with zero attached hydrogens (tertiary/aromatic N) is 2. The summed E-state index contributed by atoms with van der Waals surface area (Å²) in [5.74, 6) is -0.471. The second-order valence-corrected chi connectivity index (χ2v) is 5.13. The Hall–Kier alpha value is -2.21. The van der Waals surface area contributed by atoms with Crippen LogP contribution in [0.15, 0.2) is 30.3 Å². The van der Waals surface area contributed by atoms with Crippen molar-refractivity contribution in [3.63, 3.8) is 0 Å². The zero-order valence-electron chi connectivity index (χ0n) is 11.4. The minimum absolute atomic E-state index is 0.0544. The molecule has 2 aromatic rings. The van der Waals surface area contributed by atoms with Crippen LogP contribution in [0.4, 0.5) is 4.39 Å². The number of amides is 1. The molecule has 3 rings (SSSR count). The lowest BCUT2D eigenvalue weighted by atomic mass is 10.1. The Morgan fingerprint density at radius 1 is 1.38 bits per heavy atom. The van der Waals surface area contributed by atoms with E-state index in [-0.39, 0.29) is 24.4 Å². The molecule has 1 amide bonds. The van der Waals surface area contributed by atoms with Gasteiger partial charge in [-0.3, -0.25) is 9.89 Å². The van der Waals surface area contributed by atoms with E-state index in [0.717, 1.165) is 18.4 Å². The predicted molar refractivity (Wildman–Crippen MR) is 75.1 cm³/mol. The van der Waals surface area contributed by atoms with Gasteiger partial charge in [-0.15, -0.1) is 0 Å². The number of aliphatic hydroxyl groups excluding tert-OH is 1. The average molecular weight is 289 g/mol. The first-order valence-electron chi connectivity index (χ1n) is 6.92. The molecule has 6 heteroatoms. The molecule has 21 heavy (non-hydrogen) atoms.